The molecule has 0 atom stereocenters. The van der Waals surface area contributed by atoms with Gasteiger partial charge in [0.1, 0.15) is 0 Å². The van der Waals surface area contributed by atoms with Gasteiger partial charge in [0.05, 0.1) is 22.5 Å². The molecular formula is C27H22N4O3S. The number of rotatable bonds is 6. The fourth-order valence-corrected chi connectivity index (χ4v) is 4.90. The maximum Gasteiger partial charge on any atom is 0.265 e. The summed E-state index contributed by atoms with van der Waals surface area (Å²) in [5.74, 6) is -0.420. The number of amides is 1. The van der Waals surface area contributed by atoms with Crippen LogP contribution in [-0.2, 0) is 16.6 Å². The van der Waals surface area contributed by atoms with Crippen LogP contribution in [0.1, 0.15) is 15.9 Å². The van der Waals surface area contributed by atoms with Gasteiger partial charge in [-0.1, -0.05) is 72.8 Å². The molecule has 0 saturated carbocycles. The molecule has 0 bridgehead atoms. The van der Waals surface area contributed by atoms with Gasteiger partial charge in [-0.15, -0.1) is 0 Å². The number of nitrogen functional groups attached to an aromatic ring is 1. The van der Waals surface area contributed by atoms with E-state index in [1.54, 1.807) is 34.9 Å². The van der Waals surface area contributed by atoms with Crippen molar-refractivity contribution in [1.29, 1.82) is 0 Å². The number of fused-ring (bicyclic) bond motifs is 1. The van der Waals surface area contributed by atoms with Gasteiger partial charge < -0.3 is 10.3 Å². The number of hydrogen-bond acceptors (Lipinski definition) is 5. The molecule has 0 saturated heterocycles. The van der Waals surface area contributed by atoms with Gasteiger partial charge in [0.25, 0.3) is 15.9 Å². The van der Waals surface area contributed by atoms with Crippen LogP contribution in [0, 0.1) is 0 Å². The molecule has 0 aliphatic rings. The van der Waals surface area contributed by atoms with E-state index < -0.39 is 15.9 Å². The summed E-state index contributed by atoms with van der Waals surface area (Å²) in [6, 6.07) is 30.8. The van der Waals surface area contributed by atoms with Gasteiger partial charge in [0.2, 0.25) is 5.95 Å². The van der Waals surface area contributed by atoms with Gasteiger partial charge in [0, 0.05) is 5.56 Å². The predicted octanol–water partition coefficient (Wildman–Crippen LogP) is 4.45. The average Bonchev–Trinajstić information content (AvgIpc) is 3.19. The standard InChI is InChI=1S/C27H22N4O3S/c28-27-29-24-16-15-22(26(32)30-35(33,34)23-9-5-2-6-10-23)17-25(24)31(27)18-19-11-13-21(14-12-19)20-7-3-1-4-8-20/h1-17H,18H2,(H2,28,29)(H,30,32). The van der Waals surface area contributed by atoms with Gasteiger partial charge in [-0.05, 0) is 47.0 Å². The third kappa shape index (κ3) is 4.64. The third-order valence-corrected chi connectivity index (χ3v) is 7.07. The molecule has 0 fully saturated rings. The molecule has 1 aromatic heterocycles. The molecule has 7 nitrogen and oxygen atoms in total. The summed E-state index contributed by atoms with van der Waals surface area (Å²) in [4.78, 5) is 17.2. The second kappa shape index (κ2) is 9.08. The molecule has 1 heterocycles. The summed E-state index contributed by atoms with van der Waals surface area (Å²) in [5.41, 5.74) is 10.9. The molecule has 0 radical (unpaired) electrons. The maximum absolute atomic E-state index is 12.8. The van der Waals surface area contributed by atoms with Crippen LogP contribution in [0.3, 0.4) is 0 Å². The fraction of sp³-hybridized carbons (Fsp3) is 0.0370. The van der Waals surface area contributed by atoms with Gasteiger partial charge >= 0.3 is 0 Å². The Kier molecular flexibility index (Phi) is 5.80. The summed E-state index contributed by atoms with van der Waals surface area (Å²) in [7, 11) is -3.99. The SMILES string of the molecule is Nc1nc2ccc(C(=O)NS(=O)(=O)c3ccccc3)cc2n1Cc1ccc(-c2ccccc2)cc1. The Morgan fingerprint density at radius 3 is 2.14 bits per heavy atom. The monoisotopic (exact) mass is 482 g/mol. The van der Waals surface area contributed by atoms with Gasteiger partial charge in [-0.2, -0.15) is 0 Å². The number of nitrogens with one attached hydrogen (secondary N) is 1. The Balaban J connectivity index is 1.41. The van der Waals surface area contributed by atoms with Crippen LogP contribution in [0.25, 0.3) is 22.2 Å². The third-order valence-electron chi connectivity index (χ3n) is 5.72. The first-order valence-electron chi connectivity index (χ1n) is 10.9. The van der Waals surface area contributed by atoms with Crippen LogP contribution in [0.15, 0.2) is 108 Å². The van der Waals surface area contributed by atoms with E-state index in [9.17, 15) is 13.2 Å². The molecule has 0 unspecified atom stereocenters. The Labute approximate surface area is 202 Å². The Bertz CT molecular complexity index is 1610. The molecule has 174 valence electrons. The van der Waals surface area contributed by atoms with Crippen molar-refractivity contribution in [2.45, 2.75) is 11.4 Å². The lowest BCUT2D eigenvalue weighted by molar-refractivity contribution is 0.0981. The number of nitrogens with two attached hydrogens (primary N) is 1. The van der Waals surface area contributed by atoms with E-state index in [0.29, 0.717) is 23.5 Å². The number of benzene rings is 4. The molecule has 1 amide bonds. The minimum absolute atomic E-state index is 0.0164. The molecule has 3 N–H and O–H groups in total. The summed E-state index contributed by atoms with van der Waals surface area (Å²) in [6.07, 6.45) is 0. The van der Waals surface area contributed by atoms with Crippen molar-refractivity contribution in [1.82, 2.24) is 14.3 Å². The van der Waals surface area contributed by atoms with Crippen molar-refractivity contribution in [2.24, 2.45) is 0 Å². The van der Waals surface area contributed by atoms with Crippen LogP contribution < -0.4 is 10.5 Å². The largest absolute Gasteiger partial charge is 0.369 e. The van der Waals surface area contributed by atoms with Gasteiger partial charge in [0.15, 0.2) is 0 Å². The smallest absolute Gasteiger partial charge is 0.265 e. The highest BCUT2D eigenvalue weighted by molar-refractivity contribution is 7.90. The van der Waals surface area contributed by atoms with Gasteiger partial charge in [-0.3, -0.25) is 4.79 Å². The quantitative estimate of drug-likeness (QED) is 0.372. The van der Waals surface area contributed by atoms with Crippen LogP contribution in [0.4, 0.5) is 5.95 Å². The predicted molar refractivity (Wildman–Crippen MR) is 136 cm³/mol. The lowest BCUT2D eigenvalue weighted by Crippen LogP contribution is -2.30. The minimum atomic E-state index is -3.99. The Hall–Kier alpha value is -4.43. The second-order valence-electron chi connectivity index (χ2n) is 8.07. The van der Waals surface area contributed by atoms with Crippen molar-refractivity contribution in [3.8, 4) is 11.1 Å². The number of sulfonamides is 1. The number of anilines is 1. The van der Waals surface area contributed by atoms with Crippen LogP contribution in [-0.4, -0.2) is 23.9 Å². The van der Waals surface area contributed by atoms with E-state index >= 15 is 0 Å². The van der Waals surface area contributed by atoms with E-state index in [2.05, 4.69) is 21.8 Å². The average molecular weight is 483 g/mol. The first kappa shape index (κ1) is 22.4. The molecule has 5 rings (SSSR count). The van der Waals surface area contributed by atoms with E-state index in [4.69, 9.17) is 5.73 Å². The molecule has 35 heavy (non-hydrogen) atoms. The highest BCUT2D eigenvalue weighted by Crippen LogP contribution is 2.23. The molecule has 5 aromatic rings. The zero-order valence-corrected chi connectivity index (χ0v) is 19.4. The zero-order valence-electron chi connectivity index (χ0n) is 18.6. The number of imidazole rings is 1. The van der Waals surface area contributed by atoms with Crippen molar-refractivity contribution in [3.05, 3.63) is 114 Å². The van der Waals surface area contributed by atoms with Crippen molar-refractivity contribution in [2.75, 3.05) is 5.73 Å². The van der Waals surface area contributed by atoms with Crippen LogP contribution in [0.5, 0.6) is 0 Å². The first-order chi connectivity index (χ1) is 16.9. The van der Waals surface area contributed by atoms with Crippen LogP contribution >= 0.6 is 0 Å². The molecule has 4 aromatic carbocycles. The highest BCUT2D eigenvalue weighted by Gasteiger charge is 2.19. The molecule has 8 heteroatoms. The van der Waals surface area contributed by atoms with E-state index in [-0.39, 0.29) is 10.5 Å². The molecule has 0 aliphatic heterocycles. The van der Waals surface area contributed by atoms with Crippen molar-refractivity contribution < 1.29 is 13.2 Å². The number of aromatic nitrogens is 2. The van der Waals surface area contributed by atoms with E-state index in [0.717, 1.165) is 16.7 Å². The number of carbonyl (C=O) groups excluding carboxylic acids is 1. The Morgan fingerprint density at radius 1 is 0.829 bits per heavy atom. The van der Waals surface area contributed by atoms with E-state index in [1.807, 2.05) is 42.5 Å². The lowest BCUT2D eigenvalue weighted by Gasteiger charge is -2.10. The number of hydrogen-bond donors (Lipinski definition) is 2. The molecular weight excluding hydrogens is 460 g/mol. The maximum atomic E-state index is 12.8. The lowest BCUT2D eigenvalue weighted by atomic mass is 10.0. The summed E-state index contributed by atoms with van der Waals surface area (Å²) >= 11 is 0. The fourth-order valence-electron chi connectivity index (χ4n) is 3.90. The molecule has 0 aliphatic carbocycles. The van der Waals surface area contributed by atoms with E-state index in [1.165, 1.54) is 18.2 Å². The number of carbonyl (C=O) groups is 1. The number of nitrogens with zero attached hydrogens (tertiary/aromatic N) is 2. The Morgan fingerprint density at radius 2 is 1.46 bits per heavy atom. The van der Waals surface area contributed by atoms with Crippen molar-refractivity contribution >= 4 is 32.9 Å². The van der Waals surface area contributed by atoms with Crippen LogP contribution in [0.2, 0.25) is 0 Å². The summed E-state index contributed by atoms with van der Waals surface area (Å²) in [5, 5.41) is 0. The van der Waals surface area contributed by atoms with Gasteiger partial charge in [-0.25, -0.2) is 18.1 Å². The normalized spacial score (nSPS) is 11.4. The topological polar surface area (TPSA) is 107 Å². The van der Waals surface area contributed by atoms with Crippen molar-refractivity contribution in [3.63, 3.8) is 0 Å². The minimum Gasteiger partial charge on any atom is -0.369 e. The summed E-state index contributed by atoms with van der Waals surface area (Å²) in [6.45, 7) is 0.449. The second-order valence-corrected chi connectivity index (χ2v) is 9.75. The zero-order chi connectivity index (χ0) is 24.4. The molecule has 0 spiro atoms. The summed E-state index contributed by atoms with van der Waals surface area (Å²) < 4.78 is 29.0. The first-order valence-corrected chi connectivity index (χ1v) is 12.4. The highest BCUT2D eigenvalue weighted by atomic mass is 32.2.